The Balaban J connectivity index is 1.36. The van der Waals surface area contributed by atoms with E-state index in [9.17, 15) is 4.79 Å². The average Bonchev–Trinajstić information content (AvgIpc) is 3.30. The molecule has 5 heteroatoms. The summed E-state index contributed by atoms with van der Waals surface area (Å²) in [5.74, 6) is 2.87. The van der Waals surface area contributed by atoms with Gasteiger partial charge in [0.05, 0.1) is 18.1 Å². The molecule has 0 aromatic carbocycles. The maximum absolute atomic E-state index is 12.6. The number of carbonyl (C=O) groups is 1. The highest BCUT2D eigenvalue weighted by Gasteiger charge is 2.45. The lowest BCUT2D eigenvalue weighted by Gasteiger charge is -2.43. The average molecular weight is 324 g/mol. The van der Waals surface area contributed by atoms with Crippen LogP contribution >= 0.6 is 11.8 Å². The third kappa shape index (κ3) is 2.80. The van der Waals surface area contributed by atoms with Crippen LogP contribution in [0.25, 0.3) is 0 Å². The first-order chi connectivity index (χ1) is 10.8. The molecule has 3 atom stereocenters. The predicted molar refractivity (Wildman–Crippen MR) is 89.1 cm³/mol. The molecule has 0 aromatic rings. The van der Waals surface area contributed by atoms with Crippen LogP contribution in [0.2, 0.25) is 0 Å². The monoisotopic (exact) mass is 324 g/mol. The standard InChI is InChI=1S/C17H28N2O2S/c20-16(14-11-13-3-4-15(14)21-13)18-12-17(5-1-2-6-17)19-7-9-22-10-8-19/h13-15H,1-12H2,(H,18,20)/t13-,14+,15-/m1/s1. The van der Waals surface area contributed by atoms with Crippen molar-refractivity contribution in [1.82, 2.24) is 10.2 Å². The van der Waals surface area contributed by atoms with E-state index in [0.29, 0.717) is 6.10 Å². The zero-order chi connectivity index (χ0) is 15.0. The summed E-state index contributed by atoms with van der Waals surface area (Å²) in [5.41, 5.74) is 0.245. The lowest BCUT2D eigenvalue weighted by molar-refractivity contribution is -0.127. The van der Waals surface area contributed by atoms with Gasteiger partial charge in [-0.15, -0.1) is 0 Å². The van der Waals surface area contributed by atoms with E-state index >= 15 is 0 Å². The second-order valence-electron chi connectivity index (χ2n) is 7.46. The SMILES string of the molecule is O=C(NCC1(N2CCSCC2)CCCC1)[C@H]1C[C@H]2CC[C@H]1O2. The lowest BCUT2D eigenvalue weighted by atomic mass is 9.88. The van der Waals surface area contributed by atoms with Crippen LogP contribution in [-0.2, 0) is 9.53 Å². The van der Waals surface area contributed by atoms with Gasteiger partial charge in [-0.1, -0.05) is 12.8 Å². The Labute approximate surface area is 137 Å². The first-order valence-corrected chi connectivity index (χ1v) is 10.2. The van der Waals surface area contributed by atoms with Crippen LogP contribution in [0.5, 0.6) is 0 Å². The number of hydrogen-bond acceptors (Lipinski definition) is 4. The molecule has 124 valence electrons. The third-order valence-electron chi connectivity index (χ3n) is 6.25. The van der Waals surface area contributed by atoms with Gasteiger partial charge in [-0.3, -0.25) is 9.69 Å². The highest BCUT2D eigenvalue weighted by molar-refractivity contribution is 7.99. The molecule has 0 radical (unpaired) electrons. The van der Waals surface area contributed by atoms with Crippen molar-refractivity contribution in [2.75, 3.05) is 31.1 Å². The molecular weight excluding hydrogens is 296 g/mol. The maximum Gasteiger partial charge on any atom is 0.225 e. The van der Waals surface area contributed by atoms with Gasteiger partial charge in [0.1, 0.15) is 0 Å². The van der Waals surface area contributed by atoms with Crippen molar-refractivity contribution in [1.29, 1.82) is 0 Å². The quantitative estimate of drug-likeness (QED) is 0.859. The third-order valence-corrected chi connectivity index (χ3v) is 7.19. The number of carbonyl (C=O) groups excluding carboxylic acids is 1. The van der Waals surface area contributed by atoms with Gasteiger partial charge in [0.2, 0.25) is 5.91 Å². The first-order valence-electron chi connectivity index (χ1n) is 9.03. The normalized spacial score (nSPS) is 37.5. The minimum atomic E-state index is 0.120. The fraction of sp³-hybridized carbons (Fsp3) is 0.941. The molecule has 4 nitrogen and oxygen atoms in total. The predicted octanol–water partition coefficient (Wildman–Crippen LogP) is 2.03. The summed E-state index contributed by atoms with van der Waals surface area (Å²) in [6, 6.07) is 0. The Kier molecular flexibility index (Phi) is 4.39. The molecule has 2 bridgehead atoms. The van der Waals surface area contributed by atoms with Crippen molar-refractivity contribution in [2.45, 2.75) is 62.7 Å². The smallest absolute Gasteiger partial charge is 0.225 e. The molecule has 1 N–H and O–H groups in total. The largest absolute Gasteiger partial charge is 0.374 e. The molecule has 3 saturated heterocycles. The highest BCUT2D eigenvalue weighted by Crippen LogP contribution is 2.39. The van der Waals surface area contributed by atoms with Gasteiger partial charge in [-0.25, -0.2) is 0 Å². The topological polar surface area (TPSA) is 41.6 Å². The fourth-order valence-corrected chi connectivity index (χ4v) is 5.88. The van der Waals surface area contributed by atoms with Gasteiger partial charge < -0.3 is 10.1 Å². The summed E-state index contributed by atoms with van der Waals surface area (Å²) >= 11 is 2.06. The van der Waals surface area contributed by atoms with Gasteiger partial charge in [-0.05, 0) is 32.1 Å². The van der Waals surface area contributed by atoms with E-state index in [0.717, 1.165) is 25.8 Å². The summed E-state index contributed by atoms with van der Waals surface area (Å²) in [4.78, 5) is 15.3. The van der Waals surface area contributed by atoms with Gasteiger partial charge in [0.25, 0.3) is 0 Å². The van der Waals surface area contributed by atoms with Crippen molar-refractivity contribution in [3.8, 4) is 0 Å². The number of amides is 1. The fourth-order valence-electron chi connectivity index (χ4n) is 4.97. The van der Waals surface area contributed by atoms with Crippen LogP contribution in [0.15, 0.2) is 0 Å². The number of nitrogens with one attached hydrogen (secondary N) is 1. The van der Waals surface area contributed by atoms with Crippen LogP contribution < -0.4 is 5.32 Å². The second kappa shape index (κ2) is 6.33. The molecule has 22 heavy (non-hydrogen) atoms. The molecule has 0 unspecified atom stereocenters. The Morgan fingerprint density at radius 1 is 1.23 bits per heavy atom. The van der Waals surface area contributed by atoms with E-state index in [4.69, 9.17) is 4.74 Å². The number of fused-ring (bicyclic) bond motifs is 2. The van der Waals surface area contributed by atoms with E-state index in [1.165, 1.54) is 50.3 Å². The van der Waals surface area contributed by atoms with E-state index in [1.807, 2.05) is 0 Å². The Hall–Kier alpha value is -0.260. The van der Waals surface area contributed by atoms with Crippen molar-refractivity contribution in [2.24, 2.45) is 5.92 Å². The highest BCUT2D eigenvalue weighted by atomic mass is 32.2. The van der Waals surface area contributed by atoms with E-state index in [1.54, 1.807) is 0 Å². The summed E-state index contributed by atoms with van der Waals surface area (Å²) in [6.07, 6.45) is 8.89. The summed E-state index contributed by atoms with van der Waals surface area (Å²) in [6.45, 7) is 3.24. The minimum absolute atomic E-state index is 0.120. The van der Waals surface area contributed by atoms with Crippen molar-refractivity contribution in [3.63, 3.8) is 0 Å². The van der Waals surface area contributed by atoms with E-state index in [2.05, 4.69) is 22.0 Å². The molecule has 3 aliphatic heterocycles. The lowest BCUT2D eigenvalue weighted by Crippen LogP contribution is -2.57. The summed E-state index contributed by atoms with van der Waals surface area (Å²) < 4.78 is 5.85. The molecule has 1 amide bonds. The van der Waals surface area contributed by atoms with E-state index < -0.39 is 0 Å². The summed E-state index contributed by atoms with van der Waals surface area (Å²) in [5, 5.41) is 3.32. The maximum atomic E-state index is 12.6. The molecule has 4 aliphatic rings. The van der Waals surface area contributed by atoms with Crippen LogP contribution in [0.4, 0.5) is 0 Å². The van der Waals surface area contributed by atoms with Crippen LogP contribution in [0.1, 0.15) is 44.9 Å². The zero-order valence-corrected chi connectivity index (χ0v) is 14.2. The van der Waals surface area contributed by atoms with Gasteiger partial charge in [0.15, 0.2) is 0 Å². The second-order valence-corrected chi connectivity index (χ2v) is 8.69. The van der Waals surface area contributed by atoms with Crippen molar-refractivity contribution in [3.05, 3.63) is 0 Å². The number of hydrogen-bond donors (Lipinski definition) is 1. The molecule has 4 rings (SSSR count). The molecule has 1 saturated carbocycles. The van der Waals surface area contributed by atoms with Crippen LogP contribution in [0, 0.1) is 5.92 Å². The Bertz CT molecular complexity index is 419. The van der Waals surface area contributed by atoms with Gasteiger partial charge in [-0.2, -0.15) is 11.8 Å². The van der Waals surface area contributed by atoms with Crippen LogP contribution in [-0.4, -0.2) is 59.7 Å². The van der Waals surface area contributed by atoms with Gasteiger partial charge >= 0.3 is 0 Å². The van der Waals surface area contributed by atoms with Crippen molar-refractivity contribution >= 4 is 17.7 Å². The molecule has 3 heterocycles. The molecule has 0 aromatic heterocycles. The zero-order valence-electron chi connectivity index (χ0n) is 13.4. The van der Waals surface area contributed by atoms with Crippen LogP contribution in [0.3, 0.4) is 0 Å². The number of thioether (sulfide) groups is 1. The number of nitrogens with zero attached hydrogens (tertiary/aromatic N) is 1. The first kappa shape index (κ1) is 15.3. The number of rotatable bonds is 4. The van der Waals surface area contributed by atoms with Crippen molar-refractivity contribution < 1.29 is 9.53 Å². The molecule has 1 aliphatic carbocycles. The summed E-state index contributed by atoms with van der Waals surface area (Å²) in [7, 11) is 0. The molecular formula is C17H28N2O2S. The number of ether oxygens (including phenoxy) is 1. The Morgan fingerprint density at radius 3 is 2.64 bits per heavy atom. The molecule has 0 spiro atoms. The van der Waals surface area contributed by atoms with Gasteiger partial charge in [0, 0.05) is 36.7 Å². The van der Waals surface area contributed by atoms with E-state index in [-0.39, 0.29) is 23.5 Å². The minimum Gasteiger partial charge on any atom is -0.374 e. The molecule has 4 fully saturated rings. The Morgan fingerprint density at radius 2 is 2.00 bits per heavy atom.